The standard InChI is InChI=1S/C25H20N2O5S2/c1-3-32-16-10-11-17-19(13-16)34-25(26-17)27-21(14-6-8-15(31-2)9-7-14)20(23(29)24(27)30)22(28)18-5-4-12-33-18/h4-13,21,29H,3H2,1-2H3/t21-/m1/s1. The summed E-state index contributed by atoms with van der Waals surface area (Å²) in [5, 5.41) is 13.1. The van der Waals surface area contributed by atoms with E-state index in [0.717, 1.165) is 4.70 Å². The van der Waals surface area contributed by atoms with Gasteiger partial charge in [0.2, 0.25) is 5.78 Å². The van der Waals surface area contributed by atoms with Crippen LogP contribution >= 0.6 is 22.7 Å². The first-order valence-electron chi connectivity index (χ1n) is 10.5. The number of ketones is 1. The molecule has 172 valence electrons. The number of carbonyl (C=O) groups is 2. The van der Waals surface area contributed by atoms with Crippen molar-refractivity contribution in [1.82, 2.24) is 4.98 Å². The minimum Gasteiger partial charge on any atom is -0.503 e. The van der Waals surface area contributed by atoms with Crippen molar-refractivity contribution in [2.24, 2.45) is 0 Å². The summed E-state index contributed by atoms with van der Waals surface area (Å²) in [6.45, 7) is 2.44. The maximum Gasteiger partial charge on any atom is 0.296 e. The topological polar surface area (TPSA) is 89.0 Å². The fraction of sp³-hybridized carbons (Fsp3) is 0.160. The van der Waals surface area contributed by atoms with Gasteiger partial charge in [0, 0.05) is 0 Å². The number of nitrogens with zero attached hydrogens (tertiary/aromatic N) is 2. The van der Waals surface area contributed by atoms with E-state index in [1.165, 1.54) is 27.6 Å². The SMILES string of the molecule is CCOc1ccc2nc(N3C(=O)C(O)=C(C(=O)c4cccs4)[C@H]3c3ccc(OC)cc3)sc2c1. The van der Waals surface area contributed by atoms with Crippen LogP contribution in [0.4, 0.5) is 5.13 Å². The van der Waals surface area contributed by atoms with Gasteiger partial charge in [-0.3, -0.25) is 14.5 Å². The molecule has 5 rings (SSSR count). The number of thiophene rings is 1. The molecule has 1 aliphatic rings. The molecule has 0 spiro atoms. The lowest BCUT2D eigenvalue weighted by Gasteiger charge is -2.24. The number of fused-ring (bicyclic) bond motifs is 1. The molecule has 7 nitrogen and oxygen atoms in total. The molecule has 0 radical (unpaired) electrons. The van der Waals surface area contributed by atoms with E-state index in [-0.39, 0.29) is 11.4 Å². The van der Waals surface area contributed by atoms with Gasteiger partial charge in [-0.15, -0.1) is 11.3 Å². The third-order valence-corrected chi connectivity index (χ3v) is 7.38. The number of anilines is 1. The highest BCUT2D eigenvalue weighted by Gasteiger charge is 2.46. The number of aliphatic hydroxyl groups is 1. The smallest absolute Gasteiger partial charge is 0.296 e. The van der Waals surface area contributed by atoms with Gasteiger partial charge in [0.1, 0.15) is 11.5 Å². The van der Waals surface area contributed by atoms with E-state index in [9.17, 15) is 14.7 Å². The number of rotatable bonds is 7. The number of hydrogen-bond donors (Lipinski definition) is 1. The first-order chi connectivity index (χ1) is 16.5. The van der Waals surface area contributed by atoms with Crippen molar-refractivity contribution in [3.63, 3.8) is 0 Å². The van der Waals surface area contributed by atoms with Crippen LogP contribution in [-0.2, 0) is 4.79 Å². The summed E-state index contributed by atoms with van der Waals surface area (Å²) in [4.78, 5) is 33.2. The van der Waals surface area contributed by atoms with E-state index in [2.05, 4.69) is 4.98 Å². The fourth-order valence-electron chi connectivity index (χ4n) is 3.93. The van der Waals surface area contributed by atoms with Crippen molar-refractivity contribution in [1.29, 1.82) is 0 Å². The minimum absolute atomic E-state index is 0.0341. The Morgan fingerprint density at radius 3 is 2.59 bits per heavy atom. The predicted molar refractivity (Wildman–Crippen MR) is 132 cm³/mol. The molecule has 1 aliphatic heterocycles. The van der Waals surface area contributed by atoms with Gasteiger partial charge in [-0.1, -0.05) is 29.5 Å². The number of methoxy groups -OCH3 is 1. The van der Waals surface area contributed by atoms with Crippen LogP contribution in [0, 0.1) is 0 Å². The van der Waals surface area contributed by atoms with E-state index in [1.54, 1.807) is 48.9 Å². The maximum absolute atomic E-state index is 13.4. The number of carbonyl (C=O) groups excluding carboxylic acids is 2. The average Bonchev–Trinajstić information content (AvgIpc) is 3.58. The third kappa shape index (κ3) is 3.72. The lowest BCUT2D eigenvalue weighted by atomic mass is 9.95. The number of ether oxygens (including phenoxy) is 2. The highest BCUT2D eigenvalue weighted by molar-refractivity contribution is 7.22. The van der Waals surface area contributed by atoms with Crippen LogP contribution in [0.3, 0.4) is 0 Å². The highest BCUT2D eigenvalue weighted by Crippen LogP contribution is 2.45. The van der Waals surface area contributed by atoms with Crippen molar-refractivity contribution >= 4 is 49.7 Å². The summed E-state index contributed by atoms with van der Waals surface area (Å²) in [5.41, 5.74) is 1.39. The van der Waals surface area contributed by atoms with Gasteiger partial charge >= 0.3 is 0 Å². The Morgan fingerprint density at radius 1 is 1.15 bits per heavy atom. The van der Waals surface area contributed by atoms with E-state index in [1.807, 2.05) is 25.1 Å². The van der Waals surface area contributed by atoms with Gasteiger partial charge < -0.3 is 14.6 Å². The van der Waals surface area contributed by atoms with Crippen LogP contribution in [0.5, 0.6) is 11.5 Å². The second kappa shape index (κ2) is 8.92. The van der Waals surface area contributed by atoms with Gasteiger partial charge in [0.25, 0.3) is 5.91 Å². The van der Waals surface area contributed by atoms with E-state index < -0.39 is 17.7 Å². The van der Waals surface area contributed by atoms with Gasteiger partial charge in [0.05, 0.1) is 40.4 Å². The maximum atomic E-state index is 13.4. The summed E-state index contributed by atoms with van der Waals surface area (Å²) >= 11 is 2.56. The molecule has 9 heteroatoms. The van der Waals surface area contributed by atoms with Crippen LogP contribution in [0.2, 0.25) is 0 Å². The molecule has 0 bridgehead atoms. The first-order valence-corrected chi connectivity index (χ1v) is 12.2. The Labute approximate surface area is 203 Å². The Bertz CT molecular complexity index is 1410. The molecule has 34 heavy (non-hydrogen) atoms. The molecular weight excluding hydrogens is 472 g/mol. The van der Waals surface area contributed by atoms with Gasteiger partial charge in [0.15, 0.2) is 10.9 Å². The van der Waals surface area contributed by atoms with Gasteiger partial charge in [-0.2, -0.15) is 0 Å². The zero-order chi connectivity index (χ0) is 23.8. The fourth-order valence-corrected chi connectivity index (χ4v) is 5.63. The molecule has 1 amide bonds. The molecule has 2 aromatic heterocycles. The molecule has 0 unspecified atom stereocenters. The number of thiazole rings is 1. The van der Waals surface area contributed by atoms with Crippen molar-refractivity contribution in [2.45, 2.75) is 13.0 Å². The Morgan fingerprint density at radius 2 is 1.91 bits per heavy atom. The van der Waals surface area contributed by atoms with Crippen molar-refractivity contribution in [2.75, 3.05) is 18.6 Å². The summed E-state index contributed by atoms with van der Waals surface area (Å²) in [5.74, 6) is -0.260. The van der Waals surface area contributed by atoms with E-state index in [4.69, 9.17) is 9.47 Å². The Balaban J connectivity index is 1.64. The van der Waals surface area contributed by atoms with Crippen LogP contribution in [0.1, 0.15) is 28.2 Å². The summed E-state index contributed by atoms with van der Waals surface area (Å²) < 4.78 is 11.7. The van der Waals surface area contributed by atoms with Crippen molar-refractivity contribution < 1.29 is 24.2 Å². The number of hydrogen-bond acceptors (Lipinski definition) is 8. The van der Waals surface area contributed by atoms with Crippen molar-refractivity contribution in [3.05, 3.63) is 81.8 Å². The zero-order valence-corrected chi connectivity index (χ0v) is 20.0. The molecule has 1 atom stereocenters. The minimum atomic E-state index is -0.833. The first kappa shape index (κ1) is 22.1. The highest BCUT2D eigenvalue weighted by atomic mass is 32.1. The summed E-state index contributed by atoms with van der Waals surface area (Å²) in [7, 11) is 1.56. The number of Topliss-reactive ketones (excluding diaryl/α,β-unsaturated/α-hetero) is 1. The normalized spacial score (nSPS) is 15.9. The predicted octanol–water partition coefficient (Wildman–Crippen LogP) is 5.55. The molecular formula is C25H20N2O5S2. The molecule has 1 N–H and O–H groups in total. The van der Waals surface area contributed by atoms with Gasteiger partial charge in [-0.25, -0.2) is 4.98 Å². The Hall–Kier alpha value is -3.69. The lowest BCUT2D eigenvalue weighted by Crippen LogP contribution is -2.30. The lowest BCUT2D eigenvalue weighted by molar-refractivity contribution is -0.117. The second-order valence-corrected chi connectivity index (χ2v) is 9.44. The quantitative estimate of drug-likeness (QED) is 0.340. The number of benzene rings is 2. The zero-order valence-electron chi connectivity index (χ0n) is 18.3. The average molecular weight is 493 g/mol. The third-order valence-electron chi connectivity index (χ3n) is 5.49. The molecule has 0 saturated carbocycles. The molecule has 0 fully saturated rings. The number of aliphatic hydroxyl groups excluding tert-OH is 1. The number of aromatic nitrogens is 1. The van der Waals surface area contributed by atoms with Gasteiger partial charge in [-0.05, 0) is 54.3 Å². The van der Waals surface area contributed by atoms with Crippen LogP contribution in [-0.4, -0.2) is 35.5 Å². The van der Waals surface area contributed by atoms with Crippen molar-refractivity contribution in [3.8, 4) is 11.5 Å². The molecule has 4 aromatic rings. The largest absolute Gasteiger partial charge is 0.503 e. The van der Waals surface area contributed by atoms with E-state index >= 15 is 0 Å². The van der Waals surface area contributed by atoms with Crippen LogP contribution in [0.25, 0.3) is 10.2 Å². The van der Waals surface area contributed by atoms with E-state index in [0.29, 0.717) is 39.2 Å². The molecule has 0 aliphatic carbocycles. The number of amides is 1. The molecule has 0 saturated heterocycles. The monoisotopic (exact) mass is 492 g/mol. The Kier molecular flexibility index (Phi) is 5.80. The second-order valence-electron chi connectivity index (χ2n) is 7.48. The molecule has 3 heterocycles. The summed E-state index contributed by atoms with van der Waals surface area (Å²) in [6.07, 6.45) is 0. The molecule has 2 aromatic carbocycles. The van der Waals surface area contributed by atoms with Crippen LogP contribution < -0.4 is 14.4 Å². The summed E-state index contributed by atoms with van der Waals surface area (Å²) in [6, 6.07) is 15.2. The van der Waals surface area contributed by atoms with Crippen LogP contribution in [0.15, 0.2) is 71.3 Å².